The predicted octanol–water partition coefficient (Wildman–Crippen LogP) is 4.31. The van der Waals surface area contributed by atoms with Crippen molar-refractivity contribution in [2.45, 2.75) is 32.4 Å². The quantitative estimate of drug-likeness (QED) is 0.627. The fourth-order valence-electron chi connectivity index (χ4n) is 2.32. The monoisotopic (exact) mass is 351 g/mol. The van der Waals surface area contributed by atoms with Crippen molar-refractivity contribution in [2.75, 3.05) is 13.2 Å². The van der Waals surface area contributed by atoms with Crippen LogP contribution in [-0.4, -0.2) is 18.3 Å². The van der Waals surface area contributed by atoms with Crippen molar-refractivity contribution in [2.24, 2.45) is 0 Å². The molecule has 0 aliphatic rings. The van der Waals surface area contributed by atoms with Gasteiger partial charge in [0, 0.05) is 18.7 Å². The number of nitrogens with one attached hydrogen (secondary N) is 1. The SMILES string of the molecule is OCCCCCNCc1cccc(OCc2ccc(F)cc2Cl)c1. The highest BCUT2D eigenvalue weighted by molar-refractivity contribution is 6.31. The van der Waals surface area contributed by atoms with Crippen molar-refractivity contribution in [3.05, 3.63) is 64.4 Å². The number of benzene rings is 2. The van der Waals surface area contributed by atoms with Gasteiger partial charge in [-0.15, -0.1) is 0 Å². The first-order valence-electron chi connectivity index (χ1n) is 8.16. The van der Waals surface area contributed by atoms with Gasteiger partial charge in [0.1, 0.15) is 18.2 Å². The standard InChI is InChI=1S/C19H23ClFNO2/c20-19-12-17(21)8-7-16(19)14-24-18-6-4-5-15(11-18)13-22-9-2-1-3-10-23/h4-8,11-12,22-23H,1-3,9-10,13-14H2. The Balaban J connectivity index is 1.79. The number of unbranched alkanes of at least 4 members (excludes halogenated alkanes) is 2. The highest BCUT2D eigenvalue weighted by Crippen LogP contribution is 2.20. The van der Waals surface area contributed by atoms with Crippen molar-refractivity contribution < 1.29 is 14.2 Å². The maximum absolute atomic E-state index is 13.0. The lowest BCUT2D eigenvalue weighted by molar-refractivity contribution is 0.283. The van der Waals surface area contributed by atoms with Crippen LogP contribution in [0.25, 0.3) is 0 Å². The highest BCUT2D eigenvalue weighted by Gasteiger charge is 2.04. The Morgan fingerprint density at radius 2 is 1.96 bits per heavy atom. The van der Waals surface area contributed by atoms with Gasteiger partial charge in [-0.25, -0.2) is 4.39 Å². The van der Waals surface area contributed by atoms with E-state index in [-0.39, 0.29) is 12.4 Å². The summed E-state index contributed by atoms with van der Waals surface area (Å²) in [5, 5.41) is 12.5. The molecule has 3 nitrogen and oxygen atoms in total. The summed E-state index contributed by atoms with van der Waals surface area (Å²) >= 11 is 6.00. The molecule has 24 heavy (non-hydrogen) atoms. The Labute approximate surface area is 147 Å². The summed E-state index contributed by atoms with van der Waals surface area (Å²) in [5.74, 6) is 0.408. The molecule has 0 saturated heterocycles. The van der Waals surface area contributed by atoms with E-state index in [1.165, 1.54) is 12.1 Å². The van der Waals surface area contributed by atoms with E-state index in [0.29, 0.717) is 11.6 Å². The molecule has 0 amide bonds. The van der Waals surface area contributed by atoms with Gasteiger partial charge in [-0.3, -0.25) is 0 Å². The number of hydrogen-bond acceptors (Lipinski definition) is 3. The molecule has 2 aromatic carbocycles. The maximum Gasteiger partial charge on any atom is 0.124 e. The van der Waals surface area contributed by atoms with Crippen LogP contribution in [0.3, 0.4) is 0 Å². The number of ether oxygens (including phenoxy) is 1. The maximum atomic E-state index is 13.0. The van der Waals surface area contributed by atoms with E-state index in [2.05, 4.69) is 5.32 Å². The lowest BCUT2D eigenvalue weighted by Gasteiger charge is -2.10. The summed E-state index contributed by atoms with van der Waals surface area (Å²) in [4.78, 5) is 0. The molecule has 2 N–H and O–H groups in total. The average molecular weight is 352 g/mol. The zero-order valence-electron chi connectivity index (χ0n) is 13.6. The van der Waals surface area contributed by atoms with Crippen LogP contribution in [0.15, 0.2) is 42.5 Å². The fourth-order valence-corrected chi connectivity index (χ4v) is 2.54. The second-order valence-corrected chi connectivity index (χ2v) is 6.04. The van der Waals surface area contributed by atoms with E-state index in [1.807, 2.05) is 24.3 Å². The van der Waals surface area contributed by atoms with E-state index < -0.39 is 0 Å². The van der Waals surface area contributed by atoms with Crippen LogP contribution < -0.4 is 10.1 Å². The molecule has 5 heteroatoms. The number of aliphatic hydroxyl groups is 1. The van der Waals surface area contributed by atoms with Crippen LogP contribution in [0.1, 0.15) is 30.4 Å². The third kappa shape index (κ3) is 6.48. The van der Waals surface area contributed by atoms with Gasteiger partial charge in [0.2, 0.25) is 0 Å². The predicted molar refractivity (Wildman–Crippen MR) is 94.8 cm³/mol. The summed E-state index contributed by atoms with van der Waals surface area (Å²) in [6.45, 7) is 2.26. The van der Waals surface area contributed by atoms with E-state index in [4.69, 9.17) is 21.4 Å². The first-order valence-corrected chi connectivity index (χ1v) is 8.54. The minimum absolute atomic E-state index is 0.261. The minimum Gasteiger partial charge on any atom is -0.489 e. The molecule has 2 aromatic rings. The van der Waals surface area contributed by atoms with Crippen molar-refractivity contribution in [3.63, 3.8) is 0 Å². The minimum atomic E-state index is -0.351. The van der Waals surface area contributed by atoms with Gasteiger partial charge in [-0.1, -0.05) is 29.8 Å². The Bertz CT molecular complexity index is 637. The van der Waals surface area contributed by atoms with E-state index in [0.717, 1.165) is 49.2 Å². The molecule has 0 aliphatic carbocycles. The van der Waals surface area contributed by atoms with Gasteiger partial charge in [-0.05, 0) is 55.6 Å². The molecule has 0 saturated carbocycles. The molecule has 0 atom stereocenters. The van der Waals surface area contributed by atoms with Crippen LogP contribution in [0.5, 0.6) is 5.75 Å². The van der Waals surface area contributed by atoms with Crippen LogP contribution in [0, 0.1) is 5.82 Å². The largest absolute Gasteiger partial charge is 0.489 e. The smallest absolute Gasteiger partial charge is 0.124 e. The Hall–Kier alpha value is -1.62. The molecule has 0 aromatic heterocycles. The lowest BCUT2D eigenvalue weighted by Crippen LogP contribution is -2.14. The van der Waals surface area contributed by atoms with Crippen LogP contribution in [0.2, 0.25) is 5.02 Å². The number of halogens is 2. The molecule has 2 rings (SSSR count). The van der Waals surface area contributed by atoms with Gasteiger partial charge < -0.3 is 15.2 Å². The molecular formula is C19H23ClFNO2. The van der Waals surface area contributed by atoms with Gasteiger partial charge >= 0.3 is 0 Å². The van der Waals surface area contributed by atoms with Crippen molar-refractivity contribution in [1.29, 1.82) is 0 Å². The summed E-state index contributed by atoms with van der Waals surface area (Å²) in [6.07, 6.45) is 2.95. The summed E-state index contributed by atoms with van der Waals surface area (Å²) in [6, 6.07) is 12.2. The molecular weight excluding hydrogens is 329 g/mol. The summed E-state index contributed by atoms with van der Waals surface area (Å²) in [5.41, 5.74) is 1.89. The van der Waals surface area contributed by atoms with Crippen LogP contribution >= 0.6 is 11.6 Å². The molecule has 0 spiro atoms. The number of hydrogen-bond donors (Lipinski definition) is 2. The van der Waals surface area contributed by atoms with Crippen molar-refractivity contribution in [1.82, 2.24) is 5.32 Å². The van der Waals surface area contributed by atoms with Gasteiger partial charge in [0.15, 0.2) is 0 Å². The van der Waals surface area contributed by atoms with Gasteiger partial charge in [0.05, 0.1) is 5.02 Å². The molecule has 0 fully saturated rings. The molecule has 0 unspecified atom stereocenters. The van der Waals surface area contributed by atoms with E-state index in [1.54, 1.807) is 6.07 Å². The third-order valence-electron chi connectivity index (χ3n) is 3.65. The normalized spacial score (nSPS) is 10.8. The summed E-state index contributed by atoms with van der Waals surface area (Å²) < 4.78 is 18.8. The molecule has 130 valence electrons. The van der Waals surface area contributed by atoms with E-state index >= 15 is 0 Å². The number of aliphatic hydroxyl groups excluding tert-OH is 1. The Kier molecular flexibility index (Phi) is 8.02. The van der Waals surface area contributed by atoms with E-state index in [9.17, 15) is 4.39 Å². The summed E-state index contributed by atoms with van der Waals surface area (Å²) in [7, 11) is 0. The van der Waals surface area contributed by atoms with Crippen LogP contribution in [-0.2, 0) is 13.2 Å². The second-order valence-electron chi connectivity index (χ2n) is 5.63. The Morgan fingerprint density at radius 1 is 1.08 bits per heavy atom. The lowest BCUT2D eigenvalue weighted by atomic mass is 10.2. The van der Waals surface area contributed by atoms with Crippen molar-refractivity contribution >= 4 is 11.6 Å². The van der Waals surface area contributed by atoms with Gasteiger partial charge in [0.25, 0.3) is 0 Å². The zero-order valence-corrected chi connectivity index (χ0v) is 14.4. The van der Waals surface area contributed by atoms with Gasteiger partial charge in [-0.2, -0.15) is 0 Å². The van der Waals surface area contributed by atoms with Crippen LogP contribution in [0.4, 0.5) is 4.39 Å². The first kappa shape index (κ1) is 18.7. The first-order chi connectivity index (χ1) is 11.7. The molecule has 0 bridgehead atoms. The topological polar surface area (TPSA) is 41.5 Å². The molecule has 0 radical (unpaired) electrons. The highest BCUT2D eigenvalue weighted by atomic mass is 35.5. The fraction of sp³-hybridized carbons (Fsp3) is 0.368. The van der Waals surface area contributed by atoms with Crippen molar-refractivity contribution in [3.8, 4) is 5.75 Å². The second kappa shape index (κ2) is 10.3. The molecule has 0 aliphatic heterocycles. The Morgan fingerprint density at radius 3 is 2.75 bits per heavy atom. The number of rotatable bonds is 10. The third-order valence-corrected chi connectivity index (χ3v) is 4.00. The average Bonchev–Trinajstić information content (AvgIpc) is 2.58. The molecule has 0 heterocycles. The zero-order chi connectivity index (χ0) is 17.2.